The maximum atomic E-state index is 12.4. The summed E-state index contributed by atoms with van der Waals surface area (Å²) in [4.78, 5) is 0. The van der Waals surface area contributed by atoms with Crippen molar-refractivity contribution in [1.29, 1.82) is 0 Å². The predicted molar refractivity (Wildman–Crippen MR) is 73.4 cm³/mol. The van der Waals surface area contributed by atoms with Crippen LogP contribution in [0, 0.1) is 0 Å². The van der Waals surface area contributed by atoms with Gasteiger partial charge in [-0.1, -0.05) is 12.1 Å². The number of halogens is 3. The van der Waals surface area contributed by atoms with E-state index in [0.29, 0.717) is 6.42 Å². The van der Waals surface area contributed by atoms with Crippen molar-refractivity contribution < 1.29 is 17.9 Å². The van der Waals surface area contributed by atoms with E-state index in [1.807, 2.05) is 13.8 Å². The standard InChI is InChI=1S/C15H22F3NO/c1-14(2,20-3)9-8-13(19)10-11-4-6-12(7-5-11)15(16,17)18/h4-7,13H,8-10,19H2,1-3H3. The summed E-state index contributed by atoms with van der Waals surface area (Å²) < 4.78 is 42.6. The number of hydrogen-bond donors (Lipinski definition) is 1. The van der Waals surface area contributed by atoms with E-state index in [1.165, 1.54) is 12.1 Å². The van der Waals surface area contributed by atoms with E-state index >= 15 is 0 Å². The van der Waals surface area contributed by atoms with Crippen LogP contribution in [0.1, 0.15) is 37.8 Å². The van der Waals surface area contributed by atoms with Gasteiger partial charge in [0.25, 0.3) is 0 Å². The second-order valence-corrected chi connectivity index (χ2v) is 5.66. The first kappa shape index (κ1) is 17.0. The molecular formula is C15H22F3NO. The molecule has 20 heavy (non-hydrogen) atoms. The minimum Gasteiger partial charge on any atom is -0.379 e. The average molecular weight is 289 g/mol. The van der Waals surface area contributed by atoms with Crippen LogP contribution in [0.4, 0.5) is 13.2 Å². The van der Waals surface area contributed by atoms with Crippen molar-refractivity contribution in [3.8, 4) is 0 Å². The molecule has 0 fully saturated rings. The fourth-order valence-electron chi connectivity index (χ4n) is 1.87. The molecule has 0 heterocycles. The molecule has 0 bridgehead atoms. The van der Waals surface area contributed by atoms with E-state index in [1.54, 1.807) is 7.11 Å². The highest BCUT2D eigenvalue weighted by molar-refractivity contribution is 5.25. The minimum absolute atomic E-state index is 0.0823. The van der Waals surface area contributed by atoms with Crippen LogP contribution in [0.5, 0.6) is 0 Å². The van der Waals surface area contributed by atoms with Crippen LogP contribution >= 0.6 is 0 Å². The normalized spacial score (nSPS) is 14.3. The Labute approximate surface area is 118 Å². The van der Waals surface area contributed by atoms with E-state index in [-0.39, 0.29) is 11.6 Å². The van der Waals surface area contributed by atoms with Gasteiger partial charge in [0, 0.05) is 13.2 Å². The molecule has 5 heteroatoms. The summed E-state index contributed by atoms with van der Waals surface area (Å²) in [7, 11) is 1.65. The molecule has 0 saturated heterocycles. The third kappa shape index (κ3) is 5.51. The summed E-state index contributed by atoms with van der Waals surface area (Å²) in [6.45, 7) is 3.97. The molecule has 0 spiro atoms. The van der Waals surface area contributed by atoms with Gasteiger partial charge in [-0.15, -0.1) is 0 Å². The van der Waals surface area contributed by atoms with Crippen molar-refractivity contribution in [2.24, 2.45) is 5.73 Å². The fourth-order valence-corrected chi connectivity index (χ4v) is 1.87. The van der Waals surface area contributed by atoms with Crippen molar-refractivity contribution in [3.63, 3.8) is 0 Å². The highest BCUT2D eigenvalue weighted by Crippen LogP contribution is 2.29. The maximum absolute atomic E-state index is 12.4. The topological polar surface area (TPSA) is 35.2 Å². The largest absolute Gasteiger partial charge is 0.416 e. The Kier molecular flexibility index (Phi) is 5.59. The number of nitrogens with two attached hydrogens (primary N) is 1. The zero-order chi connectivity index (χ0) is 15.4. The first-order valence-corrected chi connectivity index (χ1v) is 6.61. The second kappa shape index (κ2) is 6.59. The molecule has 0 saturated carbocycles. The molecule has 0 aliphatic rings. The lowest BCUT2D eigenvalue weighted by Crippen LogP contribution is -2.29. The number of methoxy groups -OCH3 is 1. The lowest BCUT2D eigenvalue weighted by atomic mass is 9.95. The van der Waals surface area contributed by atoms with Crippen molar-refractivity contribution in [1.82, 2.24) is 0 Å². The number of benzene rings is 1. The van der Waals surface area contributed by atoms with Gasteiger partial charge in [-0.3, -0.25) is 0 Å². The van der Waals surface area contributed by atoms with E-state index in [2.05, 4.69) is 0 Å². The van der Waals surface area contributed by atoms with Gasteiger partial charge in [-0.25, -0.2) is 0 Å². The van der Waals surface area contributed by atoms with Gasteiger partial charge in [0.15, 0.2) is 0 Å². The van der Waals surface area contributed by atoms with Gasteiger partial charge >= 0.3 is 6.18 Å². The van der Waals surface area contributed by atoms with Crippen LogP contribution in [0.2, 0.25) is 0 Å². The fraction of sp³-hybridized carbons (Fsp3) is 0.600. The van der Waals surface area contributed by atoms with Gasteiger partial charge in [0.05, 0.1) is 11.2 Å². The molecule has 114 valence electrons. The van der Waals surface area contributed by atoms with E-state index in [4.69, 9.17) is 10.5 Å². The molecule has 2 N–H and O–H groups in total. The van der Waals surface area contributed by atoms with E-state index < -0.39 is 11.7 Å². The minimum atomic E-state index is -4.29. The monoisotopic (exact) mass is 289 g/mol. The third-order valence-corrected chi connectivity index (χ3v) is 3.45. The molecule has 2 nitrogen and oxygen atoms in total. The molecule has 1 rings (SSSR count). The molecule has 1 unspecified atom stereocenters. The first-order chi connectivity index (χ1) is 9.14. The van der Waals surface area contributed by atoms with Gasteiger partial charge in [0.1, 0.15) is 0 Å². The SMILES string of the molecule is COC(C)(C)CCC(N)Cc1ccc(C(F)(F)F)cc1. The number of ether oxygens (including phenoxy) is 1. The van der Waals surface area contributed by atoms with Crippen LogP contribution in [-0.4, -0.2) is 18.8 Å². The Bertz CT molecular complexity index is 412. The summed E-state index contributed by atoms with van der Waals surface area (Å²) in [5.41, 5.74) is 5.98. The second-order valence-electron chi connectivity index (χ2n) is 5.66. The van der Waals surface area contributed by atoms with Gasteiger partial charge in [-0.05, 0) is 50.8 Å². The third-order valence-electron chi connectivity index (χ3n) is 3.45. The average Bonchev–Trinajstić information content (AvgIpc) is 2.36. The van der Waals surface area contributed by atoms with Crippen LogP contribution in [0.15, 0.2) is 24.3 Å². The van der Waals surface area contributed by atoms with Crippen LogP contribution in [-0.2, 0) is 17.3 Å². The Morgan fingerprint density at radius 2 is 1.70 bits per heavy atom. The Morgan fingerprint density at radius 1 is 1.15 bits per heavy atom. The summed E-state index contributed by atoms with van der Waals surface area (Å²) in [6, 6.07) is 5.09. The van der Waals surface area contributed by atoms with Gasteiger partial charge < -0.3 is 10.5 Å². The van der Waals surface area contributed by atoms with E-state index in [9.17, 15) is 13.2 Å². The van der Waals surface area contributed by atoms with E-state index in [0.717, 1.165) is 30.5 Å². The zero-order valence-electron chi connectivity index (χ0n) is 12.1. The molecule has 1 aromatic rings. The maximum Gasteiger partial charge on any atom is 0.416 e. The highest BCUT2D eigenvalue weighted by Gasteiger charge is 2.30. The zero-order valence-corrected chi connectivity index (χ0v) is 12.1. The van der Waals surface area contributed by atoms with Gasteiger partial charge in [0.2, 0.25) is 0 Å². The predicted octanol–water partition coefficient (Wildman–Crippen LogP) is 3.78. The molecule has 0 aromatic heterocycles. The van der Waals surface area contributed by atoms with Crippen LogP contribution in [0.25, 0.3) is 0 Å². The highest BCUT2D eigenvalue weighted by atomic mass is 19.4. The molecule has 1 aromatic carbocycles. The van der Waals surface area contributed by atoms with Crippen molar-refractivity contribution in [2.45, 2.75) is 50.9 Å². The lowest BCUT2D eigenvalue weighted by Gasteiger charge is -2.24. The Morgan fingerprint density at radius 3 is 2.15 bits per heavy atom. The molecular weight excluding hydrogens is 267 g/mol. The summed E-state index contributed by atoms with van der Waals surface area (Å²) in [5.74, 6) is 0. The molecule has 0 radical (unpaired) electrons. The summed E-state index contributed by atoms with van der Waals surface area (Å²) in [6.07, 6.45) is -2.14. The lowest BCUT2D eigenvalue weighted by molar-refractivity contribution is -0.137. The summed E-state index contributed by atoms with van der Waals surface area (Å²) >= 11 is 0. The Hall–Kier alpha value is -1.07. The summed E-state index contributed by atoms with van der Waals surface area (Å²) in [5, 5.41) is 0. The number of hydrogen-bond acceptors (Lipinski definition) is 2. The number of rotatable bonds is 6. The van der Waals surface area contributed by atoms with Crippen molar-refractivity contribution >= 4 is 0 Å². The van der Waals surface area contributed by atoms with Crippen molar-refractivity contribution in [2.75, 3.05) is 7.11 Å². The molecule has 1 atom stereocenters. The van der Waals surface area contributed by atoms with Crippen molar-refractivity contribution in [3.05, 3.63) is 35.4 Å². The first-order valence-electron chi connectivity index (χ1n) is 6.61. The van der Waals surface area contributed by atoms with Gasteiger partial charge in [-0.2, -0.15) is 13.2 Å². The molecule has 0 aliphatic heterocycles. The Balaban J connectivity index is 2.52. The smallest absolute Gasteiger partial charge is 0.379 e. The molecule has 0 amide bonds. The number of alkyl halides is 3. The van der Waals surface area contributed by atoms with Crippen LogP contribution in [0.3, 0.4) is 0 Å². The quantitative estimate of drug-likeness (QED) is 0.865. The molecule has 0 aliphatic carbocycles. The van der Waals surface area contributed by atoms with Crippen LogP contribution < -0.4 is 5.73 Å².